The minimum absolute atomic E-state index is 0.331. The molecule has 7 heteroatoms. The van der Waals surface area contributed by atoms with Crippen LogP contribution >= 0.6 is 0 Å². The molecule has 1 aromatic carbocycles. The predicted molar refractivity (Wildman–Crippen MR) is 65.7 cm³/mol. The van der Waals surface area contributed by atoms with E-state index in [1.165, 1.54) is 13.2 Å². The highest BCUT2D eigenvalue weighted by Gasteiger charge is 2.12. The van der Waals surface area contributed by atoms with Crippen LogP contribution in [0.15, 0.2) is 18.2 Å². The average Bonchev–Trinajstić information content (AvgIpc) is 2.18. The first-order valence-corrected chi connectivity index (χ1v) is 6.79. The Morgan fingerprint density at radius 1 is 1.47 bits per heavy atom. The van der Waals surface area contributed by atoms with Crippen LogP contribution in [0.1, 0.15) is 0 Å². The molecule has 0 unspecified atom stereocenters. The molecule has 0 aliphatic rings. The van der Waals surface area contributed by atoms with E-state index in [2.05, 4.69) is 5.32 Å². The second-order valence-corrected chi connectivity index (χ2v) is 5.71. The van der Waals surface area contributed by atoms with Gasteiger partial charge in [-0.05, 0) is 12.1 Å². The fourth-order valence-corrected chi connectivity index (χ4v) is 1.74. The minimum atomic E-state index is -3.36. The lowest BCUT2D eigenvalue weighted by atomic mass is 10.2. The molecule has 17 heavy (non-hydrogen) atoms. The zero-order chi connectivity index (χ0) is 13.1. The maximum Gasteiger partial charge on any atom is 0.239 e. The highest BCUT2D eigenvalue weighted by molar-refractivity contribution is 7.91. The summed E-state index contributed by atoms with van der Waals surface area (Å²) >= 11 is 0. The number of sulfone groups is 1. The van der Waals surface area contributed by atoms with E-state index in [4.69, 9.17) is 10.5 Å². The van der Waals surface area contributed by atoms with Crippen LogP contribution in [0.3, 0.4) is 0 Å². The van der Waals surface area contributed by atoms with E-state index in [1.54, 1.807) is 12.1 Å². The molecule has 1 amide bonds. The van der Waals surface area contributed by atoms with Gasteiger partial charge in [0.15, 0.2) is 9.84 Å². The van der Waals surface area contributed by atoms with Crippen LogP contribution in [-0.4, -0.2) is 33.4 Å². The number of nitrogens with two attached hydrogens (primary N) is 1. The zero-order valence-corrected chi connectivity index (χ0v) is 10.4. The number of nitrogen functional groups attached to an aromatic ring is 1. The number of carbonyl (C=O) groups excluding carboxylic acids is 1. The van der Waals surface area contributed by atoms with Gasteiger partial charge in [0.25, 0.3) is 0 Å². The molecular formula is C10H14N2O4S. The summed E-state index contributed by atoms with van der Waals surface area (Å²) < 4.78 is 26.8. The highest BCUT2D eigenvalue weighted by atomic mass is 32.2. The van der Waals surface area contributed by atoms with Gasteiger partial charge in [0, 0.05) is 12.3 Å². The molecule has 3 N–H and O–H groups in total. The van der Waals surface area contributed by atoms with Gasteiger partial charge in [-0.3, -0.25) is 4.79 Å². The Bertz CT molecular complexity index is 525. The lowest BCUT2D eigenvalue weighted by Crippen LogP contribution is -2.22. The van der Waals surface area contributed by atoms with E-state index in [9.17, 15) is 13.2 Å². The second-order valence-electron chi connectivity index (χ2n) is 3.57. The molecule has 0 bridgehead atoms. The molecular weight excluding hydrogens is 244 g/mol. The molecule has 94 valence electrons. The summed E-state index contributed by atoms with van der Waals surface area (Å²) in [6.45, 7) is 0. The van der Waals surface area contributed by atoms with Gasteiger partial charge in [-0.25, -0.2) is 8.42 Å². The van der Waals surface area contributed by atoms with Crippen molar-refractivity contribution in [3.63, 3.8) is 0 Å². The number of hydrogen-bond donors (Lipinski definition) is 2. The summed E-state index contributed by atoms with van der Waals surface area (Å²) in [7, 11) is -1.88. The summed E-state index contributed by atoms with van der Waals surface area (Å²) in [5.74, 6) is -0.690. The zero-order valence-electron chi connectivity index (χ0n) is 9.56. The van der Waals surface area contributed by atoms with Crippen LogP contribution in [0.4, 0.5) is 11.4 Å². The Morgan fingerprint density at radius 3 is 2.65 bits per heavy atom. The van der Waals surface area contributed by atoms with Crippen molar-refractivity contribution in [2.75, 3.05) is 30.2 Å². The third kappa shape index (κ3) is 4.31. The molecule has 1 rings (SSSR count). The summed E-state index contributed by atoms with van der Waals surface area (Å²) in [5, 5.41) is 2.42. The first kappa shape index (κ1) is 13.3. The topological polar surface area (TPSA) is 98.5 Å². The summed E-state index contributed by atoms with van der Waals surface area (Å²) in [6.07, 6.45) is 0.988. The number of benzene rings is 1. The van der Waals surface area contributed by atoms with E-state index >= 15 is 0 Å². The lowest BCUT2D eigenvalue weighted by molar-refractivity contribution is -0.113. The van der Waals surface area contributed by atoms with Crippen molar-refractivity contribution in [1.29, 1.82) is 0 Å². The molecule has 0 aromatic heterocycles. The molecule has 0 spiro atoms. The Hall–Kier alpha value is -1.76. The van der Waals surface area contributed by atoms with Gasteiger partial charge >= 0.3 is 0 Å². The molecule has 0 fully saturated rings. The number of ether oxygens (including phenoxy) is 1. The van der Waals surface area contributed by atoms with Crippen LogP contribution in [0.5, 0.6) is 5.75 Å². The predicted octanol–water partition coefficient (Wildman–Crippen LogP) is 0.261. The molecule has 0 saturated carbocycles. The first-order valence-electron chi connectivity index (χ1n) is 4.73. The van der Waals surface area contributed by atoms with Crippen molar-refractivity contribution in [3.8, 4) is 5.75 Å². The van der Waals surface area contributed by atoms with Crippen LogP contribution in [0.25, 0.3) is 0 Å². The largest absolute Gasteiger partial charge is 0.497 e. The molecule has 0 heterocycles. The molecule has 0 saturated heterocycles. The van der Waals surface area contributed by atoms with E-state index in [0.29, 0.717) is 17.1 Å². The Balaban J connectivity index is 2.84. The van der Waals surface area contributed by atoms with Crippen molar-refractivity contribution in [3.05, 3.63) is 18.2 Å². The van der Waals surface area contributed by atoms with Gasteiger partial charge in [-0.2, -0.15) is 0 Å². The van der Waals surface area contributed by atoms with Gasteiger partial charge in [-0.15, -0.1) is 0 Å². The first-order chi connectivity index (χ1) is 7.81. The van der Waals surface area contributed by atoms with Gasteiger partial charge < -0.3 is 15.8 Å². The third-order valence-electron chi connectivity index (χ3n) is 1.93. The lowest BCUT2D eigenvalue weighted by Gasteiger charge is -2.09. The fraction of sp³-hybridized carbons (Fsp3) is 0.300. The molecule has 0 aliphatic carbocycles. The quantitative estimate of drug-likeness (QED) is 0.755. The number of rotatable bonds is 4. The van der Waals surface area contributed by atoms with Crippen LogP contribution in [0.2, 0.25) is 0 Å². The number of methoxy groups -OCH3 is 1. The number of amides is 1. The Labute approximate surface area is 99.7 Å². The minimum Gasteiger partial charge on any atom is -0.497 e. The monoisotopic (exact) mass is 258 g/mol. The maximum atomic E-state index is 11.4. The van der Waals surface area contributed by atoms with Crippen LogP contribution in [0, 0.1) is 0 Å². The van der Waals surface area contributed by atoms with Crippen molar-refractivity contribution in [2.45, 2.75) is 0 Å². The molecule has 1 aromatic rings. The number of nitrogens with one attached hydrogen (secondary N) is 1. The fourth-order valence-electron chi connectivity index (χ4n) is 1.20. The molecule has 0 atom stereocenters. The number of carbonyl (C=O) groups is 1. The summed E-state index contributed by atoms with van der Waals surface area (Å²) in [5.41, 5.74) is 6.31. The van der Waals surface area contributed by atoms with Crippen LogP contribution < -0.4 is 15.8 Å². The highest BCUT2D eigenvalue weighted by Crippen LogP contribution is 2.24. The van der Waals surface area contributed by atoms with E-state index in [-0.39, 0.29) is 0 Å². The molecule has 0 aliphatic heterocycles. The molecule has 6 nitrogen and oxygen atoms in total. The average molecular weight is 258 g/mol. The van der Waals surface area contributed by atoms with Crippen molar-refractivity contribution < 1.29 is 17.9 Å². The smallest absolute Gasteiger partial charge is 0.239 e. The summed E-state index contributed by atoms with van der Waals surface area (Å²) in [4.78, 5) is 11.4. The number of anilines is 2. The normalized spacial score (nSPS) is 10.9. The Kier molecular flexibility index (Phi) is 3.95. The van der Waals surface area contributed by atoms with Gasteiger partial charge in [0.1, 0.15) is 11.5 Å². The summed E-state index contributed by atoms with van der Waals surface area (Å²) in [6, 6.07) is 4.73. The van der Waals surface area contributed by atoms with Gasteiger partial charge in [-0.1, -0.05) is 0 Å². The van der Waals surface area contributed by atoms with E-state index in [0.717, 1.165) is 6.26 Å². The third-order valence-corrected chi connectivity index (χ3v) is 2.71. The SMILES string of the molecule is COc1ccc(N)c(NC(=O)CS(C)(=O)=O)c1. The van der Waals surface area contributed by atoms with Crippen LogP contribution in [-0.2, 0) is 14.6 Å². The maximum absolute atomic E-state index is 11.4. The molecule has 0 radical (unpaired) electrons. The van der Waals surface area contributed by atoms with Gasteiger partial charge in [0.05, 0.1) is 18.5 Å². The van der Waals surface area contributed by atoms with E-state index < -0.39 is 21.5 Å². The standard InChI is InChI=1S/C10H14N2O4S/c1-16-7-3-4-8(11)9(5-7)12-10(13)6-17(2,14)15/h3-5H,6,11H2,1-2H3,(H,12,13). The van der Waals surface area contributed by atoms with Crippen molar-refractivity contribution in [1.82, 2.24) is 0 Å². The number of hydrogen-bond acceptors (Lipinski definition) is 5. The van der Waals surface area contributed by atoms with Crippen molar-refractivity contribution >= 4 is 27.1 Å². The van der Waals surface area contributed by atoms with Gasteiger partial charge in [0.2, 0.25) is 5.91 Å². The second kappa shape index (κ2) is 5.05. The van der Waals surface area contributed by atoms with Crippen molar-refractivity contribution in [2.24, 2.45) is 0 Å². The van der Waals surface area contributed by atoms with E-state index in [1.807, 2.05) is 0 Å². The Morgan fingerprint density at radius 2 is 2.12 bits per heavy atom.